The number of thiophene rings is 1. The lowest BCUT2D eigenvalue weighted by atomic mass is 10.1. The number of rotatable bonds is 3. The maximum Gasteiger partial charge on any atom is 0.237 e. The fourth-order valence-electron chi connectivity index (χ4n) is 2.84. The van der Waals surface area contributed by atoms with Gasteiger partial charge >= 0.3 is 0 Å². The highest BCUT2D eigenvalue weighted by atomic mass is 35.5. The smallest absolute Gasteiger partial charge is 0.237 e. The van der Waals surface area contributed by atoms with Crippen molar-refractivity contribution in [2.45, 2.75) is 25.0 Å². The van der Waals surface area contributed by atoms with Crippen LogP contribution in [0.5, 0.6) is 0 Å². The van der Waals surface area contributed by atoms with Crippen LogP contribution in [0.25, 0.3) is 10.1 Å². The Hall–Kier alpha value is -1.14. The number of nitrogens with two attached hydrogens (primary N) is 1. The Morgan fingerprint density at radius 2 is 2.38 bits per heavy atom. The van der Waals surface area contributed by atoms with Crippen molar-refractivity contribution in [2.24, 2.45) is 5.73 Å². The zero-order chi connectivity index (χ0) is 15.0. The van der Waals surface area contributed by atoms with Gasteiger partial charge in [-0.1, -0.05) is 11.6 Å². The monoisotopic (exact) mass is 323 g/mol. The highest BCUT2D eigenvalue weighted by Crippen LogP contribution is 2.28. The van der Waals surface area contributed by atoms with E-state index in [0.717, 1.165) is 28.9 Å². The topological polar surface area (TPSA) is 58.4 Å². The number of halogens is 1. The molecule has 0 aliphatic carbocycles. The van der Waals surface area contributed by atoms with E-state index >= 15 is 0 Å². The molecule has 0 radical (unpaired) electrons. The van der Waals surface area contributed by atoms with E-state index in [4.69, 9.17) is 17.3 Å². The molecule has 3 rings (SSSR count). The number of benzene rings is 1. The molecule has 2 aromatic rings. The molecule has 1 amide bonds. The minimum atomic E-state index is -0.117. The number of likely N-dealkylation sites (tertiary alicyclic amines) is 1. The van der Waals surface area contributed by atoms with Gasteiger partial charge in [0.15, 0.2) is 0 Å². The van der Waals surface area contributed by atoms with Crippen molar-refractivity contribution < 1.29 is 4.79 Å². The average molecular weight is 324 g/mol. The molecule has 1 fully saturated rings. The van der Waals surface area contributed by atoms with Crippen LogP contribution in [0.1, 0.15) is 12.0 Å². The van der Waals surface area contributed by atoms with Crippen LogP contribution >= 0.6 is 22.9 Å². The molecule has 0 bridgehead atoms. The largest absolute Gasteiger partial charge is 0.351 e. The van der Waals surface area contributed by atoms with E-state index in [1.54, 1.807) is 11.3 Å². The first kappa shape index (κ1) is 14.8. The lowest BCUT2D eigenvalue weighted by molar-refractivity contribution is -0.125. The fraction of sp³-hybridized carbons (Fsp3) is 0.400. The van der Waals surface area contributed by atoms with Crippen LogP contribution in [-0.2, 0) is 11.3 Å². The average Bonchev–Trinajstić information content (AvgIpc) is 2.99. The Bertz CT molecular complexity index is 672. The van der Waals surface area contributed by atoms with Crippen molar-refractivity contribution in [3.05, 3.63) is 34.2 Å². The Morgan fingerprint density at radius 3 is 3.10 bits per heavy atom. The summed E-state index contributed by atoms with van der Waals surface area (Å²) in [5.74, 6) is 0.0480. The number of fused-ring (bicyclic) bond motifs is 1. The SMILES string of the molecule is CN1C[C@@H](N)C[C@H]1C(=O)NCc1csc2ccc(Cl)cc12. The number of nitrogens with zero attached hydrogens (tertiary/aromatic N) is 1. The molecule has 0 spiro atoms. The molecule has 0 saturated carbocycles. The maximum atomic E-state index is 12.3. The molecule has 0 unspecified atom stereocenters. The number of carbonyl (C=O) groups is 1. The highest BCUT2D eigenvalue weighted by molar-refractivity contribution is 7.17. The van der Waals surface area contributed by atoms with E-state index in [1.165, 1.54) is 4.70 Å². The summed E-state index contributed by atoms with van der Waals surface area (Å²) in [7, 11) is 1.94. The van der Waals surface area contributed by atoms with Crippen LogP contribution in [-0.4, -0.2) is 36.5 Å². The van der Waals surface area contributed by atoms with Crippen molar-refractivity contribution in [3.8, 4) is 0 Å². The third-order valence-electron chi connectivity index (χ3n) is 3.95. The molecule has 1 aromatic carbocycles. The summed E-state index contributed by atoms with van der Waals surface area (Å²) in [5, 5.41) is 6.92. The first-order chi connectivity index (χ1) is 10.0. The molecule has 2 atom stereocenters. The van der Waals surface area contributed by atoms with Crippen molar-refractivity contribution in [1.82, 2.24) is 10.2 Å². The molecule has 1 aliphatic rings. The predicted octanol–water partition coefficient (Wildman–Crippen LogP) is 2.20. The lowest BCUT2D eigenvalue weighted by Gasteiger charge is -2.18. The van der Waals surface area contributed by atoms with Crippen molar-refractivity contribution in [1.29, 1.82) is 0 Å². The molecule has 21 heavy (non-hydrogen) atoms. The van der Waals surface area contributed by atoms with Gasteiger partial charge in [0.2, 0.25) is 5.91 Å². The van der Waals surface area contributed by atoms with E-state index in [9.17, 15) is 4.79 Å². The van der Waals surface area contributed by atoms with Crippen LogP contribution in [0.3, 0.4) is 0 Å². The van der Waals surface area contributed by atoms with Crippen LogP contribution in [0, 0.1) is 0 Å². The van der Waals surface area contributed by atoms with Gasteiger partial charge in [0.05, 0.1) is 6.04 Å². The van der Waals surface area contributed by atoms with Crippen LogP contribution < -0.4 is 11.1 Å². The summed E-state index contributed by atoms with van der Waals surface area (Å²) in [6.07, 6.45) is 0.721. The second-order valence-electron chi connectivity index (χ2n) is 5.57. The number of hydrogen-bond acceptors (Lipinski definition) is 4. The third-order valence-corrected chi connectivity index (χ3v) is 5.20. The maximum absolute atomic E-state index is 12.3. The summed E-state index contributed by atoms with van der Waals surface area (Å²) in [6.45, 7) is 1.30. The second kappa shape index (κ2) is 5.93. The third kappa shape index (κ3) is 3.06. The zero-order valence-corrected chi connectivity index (χ0v) is 13.4. The normalized spacial score (nSPS) is 22.8. The summed E-state index contributed by atoms with van der Waals surface area (Å²) in [4.78, 5) is 14.3. The molecular formula is C15H18ClN3OS. The molecule has 1 saturated heterocycles. The van der Waals surface area contributed by atoms with Crippen LogP contribution in [0.15, 0.2) is 23.6 Å². The molecule has 4 nitrogen and oxygen atoms in total. The van der Waals surface area contributed by atoms with Crippen LogP contribution in [0.2, 0.25) is 5.02 Å². The zero-order valence-electron chi connectivity index (χ0n) is 11.8. The van der Waals surface area contributed by atoms with E-state index in [0.29, 0.717) is 6.54 Å². The quantitative estimate of drug-likeness (QED) is 0.910. The standard InChI is InChI=1S/C15H18ClN3OS/c1-19-7-11(17)5-13(19)15(20)18-6-9-8-21-14-3-2-10(16)4-12(9)14/h2-4,8,11,13H,5-7,17H2,1H3,(H,18,20)/t11-,13-/m0/s1. The molecule has 1 aromatic heterocycles. The summed E-state index contributed by atoms with van der Waals surface area (Å²) in [6, 6.07) is 5.82. The molecular weight excluding hydrogens is 306 g/mol. The van der Waals surface area contributed by atoms with E-state index in [1.807, 2.05) is 30.1 Å². The van der Waals surface area contributed by atoms with Gasteiger partial charge in [-0.15, -0.1) is 11.3 Å². The van der Waals surface area contributed by atoms with Gasteiger partial charge < -0.3 is 11.1 Å². The minimum absolute atomic E-state index is 0.0480. The number of amides is 1. The van der Waals surface area contributed by atoms with Gasteiger partial charge in [-0.2, -0.15) is 0 Å². The van der Waals surface area contributed by atoms with Gasteiger partial charge in [-0.3, -0.25) is 9.69 Å². The van der Waals surface area contributed by atoms with E-state index in [2.05, 4.69) is 10.7 Å². The molecule has 3 N–H and O–H groups in total. The lowest BCUT2D eigenvalue weighted by Crippen LogP contribution is -2.41. The van der Waals surface area contributed by atoms with Crippen molar-refractivity contribution in [3.63, 3.8) is 0 Å². The number of carbonyl (C=O) groups excluding carboxylic acids is 1. The summed E-state index contributed by atoms with van der Waals surface area (Å²) < 4.78 is 1.18. The summed E-state index contributed by atoms with van der Waals surface area (Å²) in [5.41, 5.74) is 7.01. The second-order valence-corrected chi connectivity index (χ2v) is 6.92. The highest BCUT2D eigenvalue weighted by Gasteiger charge is 2.32. The molecule has 112 valence electrons. The van der Waals surface area contributed by atoms with Crippen molar-refractivity contribution in [2.75, 3.05) is 13.6 Å². The Labute approximate surface area is 132 Å². The van der Waals surface area contributed by atoms with Crippen molar-refractivity contribution >= 4 is 38.9 Å². The number of nitrogens with one attached hydrogen (secondary N) is 1. The fourth-order valence-corrected chi connectivity index (χ4v) is 3.95. The van der Waals surface area contributed by atoms with Gasteiger partial charge in [0.1, 0.15) is 0 Å². The Kier molecular flexibility index (Phi) is 4.17. The number of hydrogen-bond donors (Lipinski definition) is 2. The first-order valence-corrected chi connectivity index (χ1v) is 8.19. The Morgan fingerprint density at radius 1 is 1.57 bits per heavy atom. The molecule has 1 aliphatic heterocycles. The van der Waals surface area contributed by atoms with E-state index in [-0.39, 0.29) is 18.0 Å². The van der Waals surface area contributed by atoms with Crippen LogP contribution in [0.4, 0.5) is 0 Å². The first-order valence-electron chi connectivity index (χ1n) is 6.94. The van der Waals surface area contributed by atoms with E-state index < -0.39 is 0 Å². The van der Waals surface area contributed by atoms with Gasteiger partial charge in [-0.25, -0.2) is 0 Å². The predicted molar refractivity (Wildman–Crippen MR) is 87.7 cm³/mol. The minimum Gasteiger partial charge on any atom is -0.351 e. The molecule has 2 heterocycles. The number of likely N-dealkylation sites (N-methyl/N-ethyl adjacent to an activating group) is 1. The van der Waals surface area contributed by atoms with Gasteiger partial charge in [-0.05, 0) is 48.0 Å². The van der Waals surface area contributed by atoms with Gasteiger partial charge in [0.25, 0.3) is 0 Å². The Balaban J connectivity index is 1.69. The summed E-state index contributed by atoms with van der Waals surface area (Å²) >= 11 is 7.71. The van der Waals surface area contributed by atoms with Gasteiger partial charge in [0, 0.05) is 28.9 Å². The molecule has 6 heteroatoms.